The lowest BCUT2D eigenvalue weighted by Crippen LogP contribution is -2.22. The van der Waals surface area contributed by atoms with E-state index in [4.69, 9.17) is 0 Å². The molecule has 3 aromatic rings. The predicted molar refractivity (Wildman–Crippen MR) is 126 cm³/mol. The highest BCUT2D eigenvalue weighted by Gasteiger charge is 2.31. The van der Waals surface area contributed by atoms with Crippen LogP contribution >= 0.6 is 22.7 Å². The maximum atomic E-state index is 2.48. The third kappa shape index (κ3) is 3.76. The number of thiophene rings is 2. The molecule has 0 nitrogen and oxygen atoms in total. The van der Waals surface area contributed by atoms with Gasteiger partial charge in [0.25, 0.3) is 0 Å². The Morgan fingerprint density at radius 3 is 1.67 bits per heavy atom. The van der Waals surface area contributed by atoms with Crippen LogP contribution in [0.2, 0.25) is 0 Å². The van der Waals surface area contributed by atoms with E-state index in [2.05, 4.69) is 92.8 Å². The van der Waals surface area contributed by atoms with Crippen molar-refractivity contribution >= 4 is 32.1 Å². The quantitative estimate of drug-likeness (QED) is 0.384. The minimum atomic E-state index is 0.0977. The first-order valence-electron chi connectivity index (χ1n) is 9.87. The van der Waals surface area contributed by atoms with Gasteiger partial charge in [-0.3, -0.25) is 0 Å². The summed E-state index contributed by atoms with van der Waals surface area (Å²) in [6.07, 6.45) is 0. The Balaban J connectivity index is 2.47. The van der Waals surface area contributed by atoms with E-state index in [1.165, 1.54) is 42.1 Å². The summed E-state index contributed by atoms with van der Waals surface area (Å²) in [5.41, 5.74) is 7.67. The smallest absolute Gasteiger partial charge is 0.0486 e. The van der Waals surface area contributed by atoms with Crippen LogP contribution < -0.4 is 0 Å². The summed E-state index contributed by atoms with van der Waals surface area (Å²) in [5.74, 6) is 0. The first-order valence-corrected chi connectivity index (χ1v) is 11.6. The first kappa shape index (κ1) is 20.6. The molecule has 0 aliphatic heterocycles. The molecule has 146 valence electrons. The Labute approximate surface area is 173 Å². The van der Waals surface area contributed by atoms with Gasteiger partial charge in [0.1, 0.15) is 0 Å². The summed E-state index contributed by atoms with van der Waals surface area (Å²) in [7, 11) is 0. The lowest BCUT2D eigenvalue weighted by Gasteiger charge is -2.33. The zero-order chi connectivity index (χ0) is 20.4. The molecule has 2 heterocycles. The van der Waals surface area contributed by atoms with Gasteiger partial charge in [-0.05, 0) is 62.4 Å². The van der Waals surface area contributed by atoms with Gasteiger partial charge in [-0.25, -0.2) is 0 Å². The van der Waals surface area contributed by atoms with Crippen LogP contribution in [0.3, 0.4) is 0 Å². The number of fused-ring (bicyclic) bond motifs is 1. The highest BCUT2D eigenvalue weighted by molar-refractivity contribution is 7.29. The number of hydrogen-bond donors (Lipinski definition) is 0. The topological polar surface area (TPSA) is 0 Å². The Morgan fingerprint density at radius 1 is 0.741 bits per heavy atom. The SMILES string of the molecule is Cc1c(-c2c(C(C)(C)C)cc(C(C)(C)C)cc2C(C)(C)C)sc2ccsc12. The molecular weight excluding hydrogens is 364 g/mol. The molecule has 0 aliphatic rings. The van der Waals surface area contributed by atoms with Gasteiger partial charge in [0, 0.05) is 14.3 Å². The Kier molecular flexibility index (Phi) is 4.93. The third-order valence-corrected chi connectivity index (χ3v) is 7.81. The average molecular weight is 399 g/mol. The Morgan fingerprint density at radius 2 is 1.26 bits per heavy atom. The van der Waals surface area contributed by atoms with Crippen LogP contribution in [0.4, 0.5) is 0 Å². The van der Waals surface area contributed by atoms with Crippen molar-refractivity contribution in [2.75, 3.05) is 0 Å². The molecule has 0 aliphatic carbocycles. The van der Waals surface area contributed by atoms with Crippen LogP contribution in [0.5, 0.6) is 0 Å². The minimum Gasteiger partial charge on any atom is -0.143 e. The summed E-state index contributed by atoms with van der Waals surface area (Å²) in [6.45, 7) is 23.4. The number of hydrogen-bond acceptors (Lipinski definition) is 2. The Bertz CT molecular complexity index is 941. The van der Waals surface area contributed by atoms with E-state index in [-0.39, 0.29) is 16.2 Å². The standard InChI is InChI=1S/C25H34S2/c1-15-21-19(11-12-26-21)27-22(15)20-17(24(5,6)7)13-16(23(2,3)4)14-18(20)25(8,9)10/h11-14H,1-10H3. The summed E-state index contributed by atoms with van der Waals surface area (Å²) >= 11 is 3.84. The van der Waals surface area contributed by atoms with E-state index in [9.17, 15) is 0 Å². The van der Waals surface area contributed by atoms with E-state index in [1.54, 1.807) is 0 Å². The van der Waals surface area contributed by atoms with E-state index < -0.39 is 0 Å². The van der Waals surface area contributed by atoms with Crippen molar-refractivity contribution in [1.82, 2.24) is 0 Å². The van der Waals surface area contributed by atoms with Crippen LogP contribution in [0.1, 0.15) is 84.6 Å². The molecule has 0 spiro atoms. The van der Waals surface area contributed by atoms with Crippen molar-refractivity contribution in [3.05, 3.63) is 45.8 Å². The molecule has 0 fully saturated rings. The first-order chi connectivity index (χ1) is 12.2. The summed E-state index contributed by atoms with van der Waals surface area (Å²) in [6, 6.07) is 7.24. The van der Waals surface area contributed by atoms with Crippen LogP contribution in [0.25, 0.3) is 19.8 Å². The molecule has 3 rings (SSSR count). The zero-order valence-electron chi connectivity index (χ0n) is 18.6. The van der Waals surface area contributed by atoms with Crippen LogP contribution in [-0.2, 0) is 16.2 Å². The normalized spacial score (nSPS) is 13.6. The summed E-state index contributed by atoms with van der Waals surface area (Å²) < 4.78 is 2.88. The number of aryl methyl sites for hydroxylation is 1. The van der Waals surface area contributed by atoms with E-state index in [0.717, 1.165) is 0 Å². The molecule has 2 aromatic heterocycles. The van der Waals surface area contributed by atoms with Crippen molar-refractivity contribution in [2.24, 2.45) is 0 Å². The number of benzene rings is 1. The monoisotopic (exact) mass is 398 g/mol. The second-order valence-corrected chi connectivity index (χ2v) is 12.8. The van der Waals surface area contributed by atoms with Gasteiger partial charge in [-0.15, -0.1) is 22.7 Å². The second-order valence-electron chi connectivity index (χ2n) is 10.9. The van der Waals surface area contributed by atoms with Gasteiger partial charge < -0.3 is 0 Å². The van der Waals surface area contributed by atoms with Gasteiger partial charge in [-0.2, -0.15) is 0 Å². The van der Waals surface area contributed by atoms with Gasteiger partial charge in [0.05, 0.1) is 0 Å². The molecule has 0 atom stereocenters. The molecule has 2 heteroatoms. The summed E-state index contributed by atoms with van der Waals surface area (Å²) in [4.78, 5) is 1.46. The van der Waals surface area contributed by atoms with Crippen molar-refractivity contribution in [3.63, 3.8) is 0 Å². The molecular formula is C25H34S2. The van der Waals surface area contributed by atoms with E-state index in [0.29, 0.717) is 0 Å². The summed E-state index contributed by atoms with van der Waals surface area (Å²) in [5, 5.41) is 2.22. The molecule has 0 bridgehead atoms. The van der Waals surface area contributed by atoms with Crippen LogP contribution in [-0.4, -0.2) is 0 Å². The predicted octanol–water partition coefficient (Wildman–Crippen LogP) is 8.83. The maximum Gasteiger partial charge on any atom is 0.0486 e. The average Bonchev–Trinajstić information content (AvgIpc) is 3.06. The van der Waals surface area contributed by atoms with Crippen LogP contribution in [0.15, 0.2) is 23.6 Å². The number of rotatable bonds is 1. The van der Waals surface area contributed by atoms with Gasteiger partial charge in [0.15, 0.2) is 0 Å². The van der Waals surface area contributed by atoms with Gasteiger partial charge >= 0.3 is 0 Å². The van der Waals surface area contributed by atoms with Crippen molar-refractivity contribution in [2.45, 2.75) is 85.5 Å². The third-order valence-electron chi connectivity index (χ3n) is 5.37. The van der Waals surface area contributed by atoms with Crippen molar-refractivity contribution in [1.29, 1.82) is 0 Å². The molecule has 0 radical (unpaired) electrons. The highest BCUT2D eigenvalue weighted by atomic mass is 32.1. The molecule has 0 saturated heterocycles. The van der Waals surface area contributed by atoms with Gasteiger partial charge in [0.2, 0.25) is 0 Å². The molecule has 1 aromatic carbocycles. The molecule has 27 heavy (non-hydrogen) atoms. The fraction of sp³-hybridized carbons (Fsp3) is 0.520. The fourth-order valence-electron chi connectivity index (χ4n) is 3.68. The van der Waals surface area contributed by atoms with E-state index in [1.807, 2.05) is 22.7 Å². The van der Waals surface area contributed by atoms with Crippen molar-refractivity contribution < 1.29 is 0 Å². The molecule has 0 N–H and O–H groups in total. The molecule has 0 saturated carbocycles. The van der Waals surface area contributed by atoms with Crippen molar-refractivity contribution in [3.8, 4) is 10.4 Å². The largest absolute Gasteiger partial charge is 0.143 e. The van der Waals surface area contributed by atoms with E-state index >= 15 is 0 Å². The lowest BCUT2D eigenvalue weighted by molar-refractivity contribution is 0.551. The van der Waals surface area contributed by atoms with Gasteiger partial charge in [-0.1, -0.05) is 74.4 Å². The minimum absolute atomic E-state index is 0.0977. The molecule has 0 amide bonds. The Hall–Kier alpha value is -1.12. The second kappa shape index (κ2) is 6.46. The lowest BCUT2D eigenvalue weighted by atomic mass is 9.72. The molecule has 0 unspecified atom stereocenters. The highest BCUT2D eigenvalue weighted by Crippen LogP contribution is 2.49. The zero-order valence-corrected chi connectivity index (χ0v) is 20.3. The fourth-order valence-corrected chi connectivity index (χ4v) is 6.08. The maximum absolute atomic E-state index is 2.48. The van der Waals surface area contributed by atoms with Crippen LogP contribution in [0, 0.1) is 6.92 Å².